The van der Waals surface area contributed by atoms with Gasteiger partial charge in [-0.25, -0.2) is 0 Å². The zero-order chi connectivity index (χ0) is 13.9. The first kappa shape index (κ1) is 16.3. The Bertz CT molecular complexity index is 331. The molecule has 1 aromatic heterocycles. The Hall–Kier alpha value is -0.760. The summed E-state index contributed by atoms with van der Waals surface area (Å²) in [5.41, 5.74) is 0.974. The third-order valence-electron chi connectivity index (χ3n) is 3.44. The summed E-state index contributed by atoms with van der Waals surface area (Å²) in [4.78, 5) is 4.14. The van der Waals surface area contributed by atoms with E-state index in [4.69, 9.17) is 11.6 Å². The second-order valence-electron chi connectivity index (χ2n) is 5.19. The number of pyridine rings is 1. The van der Waals surface area contributed by atoms with E-state index in [9.17, 15) is 0 Å². The Labute approximate surface area is 123 Å². The zero-order valence-corrected chi connectivity index (χ0v) is 13.0. The molecule has 0 aliphatic carbocycles. The Morgan fingerprint density at radius 2 is 1.74 bits per heavy atom. The van der Waals surface area contributed by atoms with Crippen molar-refractivity contribution in [3.05, 3.63) is 23.5 Å². The van der Waals surface area contributed by atoms with Crippen molar-refractivity contribution in [1.82, 2.24) is 4.98 Å². The highest BCUT2D eigenvalue weighted by molar-refractivity contribution is 6.33. The van der Waals surface area contributed by atoms with Crippen molar-refractivity contribution in [2.45, 2.75) is 71.3 Å². The molecular weight excluding hydrogens is 256 g/mol. The van der Waals surface area contributed by atoms with Crippen molar-refractivity contribution >= 4 is 17.3 Å². The van der Waals surface area contributed by atoms with Gasteiger partial charge < -0.3 is 5.32 Å². The third kappa shape index (κ3) is 6.81. The summed E-state index contributed by atoms with van der Waals surface area (Å²) in [5.74, 6) is 0. The van der Waals surface area contributed by atoms with E-state index in [-0.39, 0.29) is 0 Å². The van der Waals surface area contributed by atoms with Crippen LogP contribution in [0.5, 0.6) is 0 Å². The molecule has 0 aliphatic rings. The lowest BCUT2D eigenvalue weighted by atomic mass is 10.0. The molecule has 0 bridgehead atoms. The molecule has 0 spiro atoms. The Morgan fingerprint density at radius 3 is 2.26 bits per heavy atom. The van der Waals surface area contributed by atoms with Gasteiger partial charge in [-0.3, -0.25) is 4.98 Å². The molecule has 0 aliphatic heterocycles. The molecule has 0 atom stereocenters. The van der Waals surface area contributed by atoms with Crippen LogP contribution in [0.2, 0.25) is 5.02 Å². The molecule has 0 aromatic carbocycles. The minimum Gasteiger partial charge on any atom is -0.380 e. The quantitative estimate of drug-likeness (QED) is 0.559. The standard InChI is InChI=1S/C16H27ClN2/c1-3-5-7-9-14(10-8-6-4-2)19-16-13-18-12-11-15(16)17/h11-14,19H,3-10H2,1-2H3. The van der Waals surface area contributed by atoms with E-state index in [1.165, 1.54) is 51.4 Å². The van der Waals surface area contributed by atoms with Gasteiger partial charge >= 0.3 is 0 Å². The van der Waals surface area contributed by atoms with Gasteiger partial charge in [0.05, 0.1) is 16.9 Å². The third-order valence-corrected chi connectivity index (χ3v) is 3.77. The minimum absolute atomic E-state index is 0.528. The van der Waals surface area contributed by atoms with E-state index in [1.54, 1.807) is 6.20 Å². The highest BCUT2D eigenvalue weighted by Gasteiger charge is 2.10. The van der Waals surface area contributed by atoms with Gasteiger partial charge in [-0.2, -0.15) is 0 Å². The molecule has 19 heavy (non-hydrogen) atoms. The van der Waals surface area contributed by atoms with Crippen LogP contribution in [0.4, 0.5) is 5.69 Å². The molecule has 0 saturated heterocycles. The smallest absolute Gasteiger partial charge is 0.0718 e. The minimum atomic E-state index is 0.528. The maximum Gasteiger partial charge on any atom is 0.0718 e. The molecule has 1 rings (SSSR count). The lowest BCUT2D eigenvalue weighted by Gasteiger charge is -2.20. The number of nitrogens with one attached hydrogen (secondary N) is 1. The Balaban J connectivity index is 2.49. The van der Waals surface area contributed by atoms with Gasteiger partial charge in [0.15, 0.2) is 0 Å². The first-order valence-corrected chi connectivity index (χ1v) is 8.01. The van der Waals surface area contributed by atoms with E-state index in [0.29, 0.717) is 6.04 Å². The van der Waals surface area contributed by atoms with Crippen LogP contribution >= 0.6 is 11.6 Å². The molecule has 108 valence electrons. The van der Waals surface area contributed by atoms with E-state index < -0.39 is 0 Å². The van der Waals surface area contributed by atoms with Crippen LogP contribution in [0.15, 0.2) is 18.5 Å². The number of aromatic nitrogens is 1. The SMILES string of the molecule is CCCCCC(CCCCC)Nc1cnccc1Cl. The molecule has 1 aromatic rings. The molecule has 0 fully saturated rings. The van der Waals surface area contributed by atoms with Crippen molar-refractivity contribution in [2.75, 3.05) is 5.32 Å². The molecule has 0 radical (unpaired) electrons. The molecule has 0 amide bonds. The zero-order valence-electron chi connectivity index (χ0n) is 12.3. The van der Waals surface area contributed by atoms with Crippen LogP contribution < -0.4 is 5.32 Å². The number of anilines is 1. The molecule has 2 nitrogen and oxygen atoms in total. The summed E-state index contributed by atoms with van der Waals surface area (Å²) in [7, 11) is 0. The number of hydrogen-bond acceptors (Lipinski definition) is 2. The number of rotatable bonds is 10. The van der Waals surface area contributed by atoms with Crippen molar-refractivity contribution in [1.29, 1.82) is 0 Å². The molecule has 0 unspecified atom stereocenters. The summed E-state index contributed by atoms with van der Waals surface area (Å²) in [6, 6.07) is 2.37. The summed E-state index contributed by atoms with van der Waals surface area (Å²) in [6.45, 7) is 4.50. The number of nitrogens with zero attached hydrogens (tertiary/aromatic N) is 1. The van der Waals surface area contributed by atoms with Crippen LogP contribution in [-0.4, -0.2) is 11.0 Å². The molecule has 1 heterocycles. The first-order chi connectivity index (χ1) is 9.27. The maximum atomic E-state index is 6.19. The number of halogens is 1. The van der Waals surface area contributed by atoms with E-state index >= 15 is 0 Å². The van der Waals surface area contributed by atoms with Crippen LogP contribution in [0.25, 0.3) is 0 Å². The summed E-state index contributed by atoms with van der Waals surface area (Å²) in [5, 5.41) is 4.34. The number of hydrogen-bond donors (Lipinski definition) is 1. The van der Waals surface area contributed by atoms with Crippen molar-refractivity contribution in [2.24, 2.45) is 0 Å². The lowest BCUT2D eigenvalue weighted by Crippen LogP contribution is -2.19. The first-order valence-electron chi connectivity index (χ1n) is 7.64. The average molecular weight is 283 g/mol. The largest absolute Gasteiger partial charge is 0.380 e. The highest BCUT2D eigenvalue weighted by atomic mass is 35.5. The van der Waals surface area contributed by atoms with Crippen molar-refractivity contribution in [3.63, 3.8) is 0 Å². The van der Waals surface area contributed by atoms with Gasteiger partial charge in [-0.15, -0.1) is 0 Å². The predicted octanol–water partition coefficient (Wildman–Crippen LogP) is 5.68. The fourth-order valence-electron chi connectivity index (χ4n) is 2.27. The number of unbranched alkanes of at least 4 members (excludes halogenated alkanes) is 4. The molecule has 3 heteroatoms. The highest BCUT2D eigenvalue weighted by Crippen LogP contribution is 2.23. The summed E-state index contributed by atoms with van der Waals surface area (Å²) in [6.07, 6.45) is 13.8. The van der Waals surface area contributed by atoms with Gasteiger partial charge in [-0.05, 0) is 18.9 Å². The second kappa shape index (κ2) is 10.1. The van der Waals surface area contributed by atoms with Crippen LogP contribution in [0.1, 0.15) is 65.2 Å². The Kier molecular flexibility index (Phi) is 8.64. The van der Waals surface area contributed by atoms with E-state index in [1.807, 2.05) is 12.3 Å². The van der Waals surface area contributed by atoms with Crippen LogP contribution in [-0.2, 0) is 0 Å². The van der Waals surface area contributed by atoms with Crippen molar-refractivity contribution in [3.8, 4) is 0 Å². The van der Waals surface area contributed by atoms with Crippen molar-refractivity contribution < 1.29 is 0 Å². The van der Waals surface area contributed by atoms with Gasteiger partial charge in [0.1, 0.15) is 0 Å². The van der Waals surface area contributed by atoms with Gasteiger partial charge in [-0.1, -0.05) is 64.0 Å². The average Bonchev–Trinajstić information content (AvgIpc) is 2.41. The fraction of sp³-hybridized carbons (Fsp3) is 0.688. The topological polar surface area (TPSA) is 24.9 Å². The summed E-state index contributed by atoms with van der Waals surface area (Å²) >= 11 is 6.19. The molecule has 1 N–H and O–H groups in total. The van der Waals surface area contributed by atoms with E-state index in [0.717, 1.165) is 10.7 Å². The molecular formula is C16H27ClN2. The van der Waals surface area contributed by atoms with Crippen LogP contribution in [0, 0.1) is 0 Å². The fourth-order valence-corrected chi connectivity index (χ4v) is 2.43. The second-order valence-corrected chi connectivity index (χ2v) is 5.60. The van der Waals surface area contributed by atoms with Gasteiger partial charge in [0.25, 0.3) is 0 Å². The van der Waals surface area contributed by atoms with Gasteiger partial charge in [0, 0.05) is 12.2 Å². The normalized spacial score (nSPS) is 10.9. The molecule has 0 saturated carbocycles. The summed E-state index contributed by atoms with van der Waals surface area (Å²) < 4.78 is 0. The monoisotopic (exact) mass is 282 g/mol. The van der Waals surface area contributed by atoms with Gasteiger partial charge in [0.2, 0.25) is 0 Å². The van der Waals surface area contributed by atoms with E-state index in [2.05, 4.69) is 24.1 Å². The maximum absolute atomic E-state index is 6.19. The lowest BCUT2D eigenvalue weighted by molar-refractivity contribution is 0.526. The predicted molar refractivity (Wildman–Crippen MR) is 84.9 cm³/mol. The Morgan fingerprint density at radius 1 is 1.11 bits per heavy atom. The van der Waals surface area contributed by atoms with Crippen LogP contribution in [0.3, 0.4) is 0 Å².